The summed E-state index contributed by atoms with van der Waals surface area (Å²) in [6, 6.07) is 21.1. The van der Waals surface area contributed by atoms with Crippen molar-refractivity contribution >= 4 is 27.5 Å². The number of amides is 1. The Morgan fingerprint density at radius 3 is 2.51 bits per heavy atom. The van der Waals surface area contributed by atoms with E-state index in [1.165, 1.54) is 23.4 Å². The molecule has 6 rings (SSSR count). The molecule has 0 unspecified atom stereocenters. The first kappa shape index (κ1) is 35.1. The highest BCUT2D eigenvalue weighted by Crippen LogP contribution is 2.36. The summed E-state index contributed by atoms with van der Waals surface area (Å²) in [5, 5.41) is 12.0. The summed E-state index contributed by atoms with van der Waals surface area (Å²) in [6.07, 6.45) is 5.40. The average molecular weight is 705 g/mol. The van der Waals surface area contributed by atoms with Gasteiger partial charge in [0.2, 0.25) is 10.0 Å². The van der Waals surface area contributed by atoms with Crippen LogP contribution in [-0.4, -0.2) is 85.9 Å². The fraction of sp³-hybridized carbons (Fsp3) is 0.405. The molecule has 1 amide bonds. The van der Waals surface area contributed by atoms with E-state index in [4.69, 9.17) is 21.4 Å². The number of carbonyl (C=O) groups excluding carboxylic acids is 1. The fourth-order valence-corrected chi connectivity index (χ4v) is 7.69. The van der Waals surface area contributed by atoms with Crippen LogP contribution in [0.25, 0.3) is 22.4 Å². The lowest BCUT2D eigenvalue weighted by Crippen LogP contribution is -2.35. The normalized spacial score (nSPS) is 15.3. The molecule has 10 nitrogen and oxygen atoms in total. The number of halogens is 1. The highest BCUT2D eigenvalue weighted by Gasteiger charge is 2.30. The molecule has 0 aliphatic carbocycles. The molecule has 49 heavy (non-hydrogen) atoms. The number of nitrogens with one attached hydrogen (secondary N) is 2. The van der Waals surface area contributed by atoms with E-state index in [0.717, 1.165) is 77.6 Å². The van der Waals surface area contributed by atoms with Gasteiger partial charge in [0, 0.05) is 78.7 Å². The molecule has 1 saturated heterocycles. The molecule has 1 aromatic heterocycles. The highest BCUT2D eigenvalue weighted by molar-refractivity contribution is 7.88. The molecule has 3 aromatic carbocycles. The maximum Gasteiger partial charge on any atom is 0.251 e. The van der Waals surface area contributed by atoms with Crippen molar-refractivity contribution < 1.29 is 17.9 Å². The number of methoxy groups -OCH3 is 1. The summed E-state index contributed by atoms with van der Waals surface area (Å²) in [5.41, 5.74) is 6.95. The Morgan fingerprint density at radius 2 is 1.76 bits per heavy atom. The molecule has 1 fully saturated rings. The largest absolute Gasteiger partial charge is 0.497 e. The van der Waals surface area contributed by atoms with Crippen molar-refractivity contribution in [2.45, 2.75) is 45.3 Å². The van der Waals surface area contributed by atoms with Crippen LogP contribution in [-0.2, 0) is 36.1 Å². The SMILES string of the molecule is COc1ccc(CNCCNC(=O)c2cccc(-c3cc(-c4nn(CCCN5CCCC5)c5c4CN(S(C)(=O)=O)CC5)ccc3Cl)c2)cc1. The van der Waals surface area contributed by atoms with Gasteiger partial charge in [0.25, 0.3) is 5.91 Å². The van der Waals surface area contributed by atoms with Gasteiger partial charge in [0.05, 0.1) is 19.1 Å². The third-order valence-corrected chi connectivity index (χ3v) is 10.9. The molecule has 0 saturated carbocycles. The number of aryl methyl sites for hydroxylation is 1. The van der Waals surface area contributed by atoms with Gasteiger partial charge in [-0.25, -0.2) is 8.42 Å². The van der Waals surface area contributed by atoms with Crippen LogP contribution in [0.3, 0.4) is 0 Å². The molecule has 0 radical (unpaired) electrons. The number of fused-ring (bicyclic) bond motifs is 1. The predicted molar refractivity (Wildman–Crippen MR) is 194 cm³/mol. The number of nitrogens with zero attached hydrogens (tertiary/aromatic N) is 4. The van der Waals surface area contributed by atoms with E-state index in [-0.39, 0.29) is 12.5 Å². The maximum atomic E-state index is 13.1. The molecular formula is C37H45ClN6O4S. The fourth-order valence-electron chi connectivity index (χ4n) is 6.68. The minimum Gasteiger partial charge on any atom is -0.497 e. The lowest BCUT2D eigenvalue weighted by atomic mass is 9.97. The zero-order valence-corrected chi connectivity index (χ0v) is 29.8. The van der Waals surface area contributed by atoms with Gasteiger partial charge in [-0.05, 0) is 86.4 Å². The Bertz CT molecular complexity index is 1870. The number of carbonyl (C=O) groups is 1. The monoisotopic (exact) mass is 704 g/mol. The number of hydrogen-bond acceptors (Lipinski definition) is 7. The molecule has 0 bridgehead atoms. The molecule has 0 atom stereocenters. The van der Waals surface area contributed by atoms with E-state index < -0.39 is 10.0 Å². The summed E-state index contributed by atoms with van der Waals surface area (Å²) in [7, 11) is -1.71. The number of benzene rings is 3. The smallest absolute Gasteiger partial charge is 0.251 e. The first-order valence-electron chi connectivity index (χ1n) is 17.0. The van der Waals surface area contributed by atoms with Crippen LogP contribution in [0.15, 0.2) is 66.7 Å². The van der Waals surface area contributed by atoms with E-state index in [2.05, 4.69) is 20.2 Å². The third-order valence-electron chi connectivity index (χ3n) is 9.36. The Balaban J connectivity index is 1.17. The predicted octanol–water partition coefficient (Wildman–Crippen LogP) is 5.20. The topological polar surface area (TPSA) is 109 Å². The second-order valence-corrected chi connectivity index (χ2v) is 15.2. The standard InChI is InChI=1S/C37H45ClN6O4S/c1-48-31-12-9-27(10-13-31)25-39-16-17-40-37(45)30-8-5-7-28(23-30)32-24-29(11-14-34(32)38)36-33-26-43(49(2,46)47)22-15-35(33)44(41-36)21-6-20-42-18-3-4-19-42/h5,7-14,23-24,39H,3-4,6,15-22,25-26H2,1-2H3,(H,40,45). The minimum absolute atomic E-state index is 0.164. The van der Waals surface area contributed by atoms with E-state index in [9.17, 15) is 13.2 Å². The third kappa shape index (κ3) is 8.71. The van der Waals surface area contributed by atoms with Gasteiger partial charge >= 0.3 is 0 Å². The van der Waals surface area contributed by atoms with Crippen LogP contribution in [0.2, 0.25) is 5.02 Å². The van der Waals surface area contributed by atoms with Crippen molar-refractivity contribution in [3.63, 3.8) is 0 Å². The Kier molecular flexibility index (Phi) is 11.4. The summed E-state index contributed by atoms with van der Waals surface area (Å²) in [4.78, 5) is 15.6. The number of aromatic nitrogens is 2. The second-order valence-electron chi connectivity index (χ2n) is 12.8. The van der Waals surface area contributed by atoms with Crippen LogP contribution >= 0.6 is 11.6 Å². The van der Waals surface area contributed by atoms with Crippen molar-refractivity contribution in [2.24, 2.45) is 0 Å². The number of ether oxygens (including phenoxy) is 1. The highest BCUT2D eigenvalue weighted by atomic mass is 35.5. The molecule has 2 aliphatic rings. The van der Waals surface area contributed by atoms with Gasteiger partial charge < -0.3 is 20.3 Å². The van der Waals surface area contributed by atoms with Crippen molar-refractivity contribution in [1.82, 2.24) is 29.6 Å². The summed E-state index contributed by atoms with van der Waals surface area (Å²) in [6.45, 7) is 6.66. The molecule has 12 heteroatoms. The summed E-state index contributed by atoms with van der Waals surface area (Å²) in [5.74, 6) is 0.656. The second kappa shape index (κ2) is 15.9. The summed E-state index contributed by atoms with van der Waals surface area (Å²) >= 11 is 6.76. The van der Waals surface area contributed by atoms with Crippen LogP contribution in [0, 0.1) is 0 Å². The van der Waals surface area contributed by atoms with E-state index >= 15 is 0 Å². The van der Waals surface area contributed by atoms with Gasteiger partial charge in [0.15, 0.2) is 0 Å². The van der Waals surface area contributed by atoms with Crippen molar-refractivity contribution in [3.8, 4) is 28.1 Å². The summed E-state index contributed by atoms with van der Waals surface area (Å²) < 4.78 is 33.9. The van der Waals surface area contributed by atoms with Gasteiger partial charge in [0.1, 0.15) is 5.75 Å². The Morgan fingerprint density at radius 1 is 0.959 bits per heavy atom. The number of rotatable bonds is 14. The molecule has 3 heterocycles. The zero-order chi connectivity index (χ0) is 34.4. The van der Waals surface area contributed by atoms with Crippen molar-refractivity contribution in [3.05, 3.63) is 94.1 Å². The molecule has 260 valence electrons. The number of sulfonamides is 1. The van der Waals surface area contributed by atoms with Gasteiger partial charge in [-0.1, -0.05) is 41.9 Å². The Labute approximate surface area is 294 Å². The van der Waals surface area contributed by atoms with Crippen LogP contribution in [0.4, 0.5) is 0 Å². The maximum absolute atomic E-state index is 13.1. The molecular weight excluding hydrogens is 660 g/mol. The average Bonchev–Trinajstić information content (AvgIpc) is 3.76. The van der Waals surface area contributed by atoms with Crippen LogP contribution in [0.1, 0.15) is 46.4 Å². The van der Waals surface area contributed by atoms with Gasteiger partial charge in [-0.2, -0.15) is 9.40 Å². The molecule has 2 N–H and O–H groups in total. The van der Waals surface area contributed by atoms with E-state index in [1.54, 1.807) is 13.2 Å². The number of hydrogen-bond donors (Lipinski definition) is 2. The van der Waals surface area contributed by atoms with Crippen LogP contribution < -0.4 is 15.4 Å². The van der Waals surface area contributed by atoms with Gasteiger partial charge in [-0.15, -0.1) is 0 Å². The number of likely N-dealkylation sites (tertiary alicyclic amines) is 1. The molecule has 4 aromatic rings. The van der Waals surface area contributed by atoms with Crippen LogP contribution in [0.5, 0.6) is 5.75 Å². The lowest BCUT2D eigenvalue weighted by Gasteiger charge is -2.26. The van der Waals surface area contributed by atoms with E-state index in [0.29, 0.717) is 43.2 Å². The van der Waals surface area contributed by atoms with Crippen molar-refractivity contribution in [1.29, 1.82) is 0 Å². The lowest BCUT2D eigenvalue weighted by molar-refractivity contribution is 0.0954. The van der Waals surface area contributed by atoms with Crippen molar-refractivity contribution in [2.75, 3.05) is 52.6 Å². The Hall–Kier alpha value is -3.74. The van der Waals surface area contributed by atoms with E-state index in [1.807, 2.05) is 60.7 Å². The first-order valence-corrected chi connectivity index (χ1v) is 19.2. The molecule has 2 aliphatic heterocycles. The first-order chi connectivity index (χ1) is 23.7. The zero-order valence-electron chi connectivity index (χ0n) is 28.3. The van der Waals surface area contributed by atoms with Gasteiger partial charge in [-0.3, -0.25) is 9.48 Å². The quantitative estimate of drug-likeness (QED) is 0.174. The minimum atomic E-state index is -3.36. The molecule has 0 spiro atoms.